The van der Waals surface area contributed by atoms with Crippen LogP contribution in [-0.2, 0) is 20.9 Å². The summed E-state index contributed by atoms with van der Waals surface area (Å²) in [5.74, 6) is -0.0910. The smallest absolute Gasteiger partial charge is 0.417 e. The van der Waals surface area contributed by atoms with E-state index in [2.05, 4.69) is 20.5 Å². The van der Waals surface area contributed by atoms with Crippen LogP contribution in [0.15, 0.2) is 35.2 Å². The number of sulfonamides is 1. The minimum Gasteiger partial charge on any atom is -0.495 e. The Bertz CT molecular complexity index is 1340. The molecule has 1 saturated heterocycles. The van der Waals surface area contributed by atoms with Crippen molar-refractivity contribution in [2.75, 3.05) is 44.5 Å². The molecule has 0 radical (unpaired) electrons. The number of methoxy groups -OCH3 is 1. The van der Waals surface area contributed by atoms with Crippen LogP contribution < -0.4 is 15.8 Å². The van der Waals surface area contributed by atoms with E-state index in [1.54, 1.807) is 0 Å². The Hall–Kier alpha value is -3.07. The number of aromatic amines is 1. The molecule has 0 amide bonds. The quantitative estimate of drug-likeness (QED) is 0.439. The summed E-state index contributed by atoms with van der Waals surface area (Å²) in [5.41, 5.74) is 3.87. The Kier molecular flexibility index (Phi) is 6.81. The van der Waals surface area contributed by atoms with E-state index in [4.69, 9.17) is 26.8 Å². The number of benzene rings is 2. The van der Waals surface area contributed by atoms with Gasteiger partial charge in [0.25, 0.3) is 0 Å². The summed E-state index contributed by atoms with van der Waals surface area (Å²) in [5, 5.41) is 8.42. The van der Waals surface area contributed by atoms with Gasteiger partial charge in [0.1, 0.15) is 10.6 Å². The second-order valence-corrected chi connectivity index (χ2v) is 9.74. The minimum absolute atomic E-state index is 0.00888. The van der Waals surface area contributed by atoms with Gasteiger partial charge in [-0.25, -0.2) is 13.5 Å². The highest BCUT2D eigenvalue weighted by Gasteiger charge is 2.36. The summed E-state index contributed by atoms with van der Waals surface area (Å²) >= 11 is 6.31. The van der Waals surface area contributed by atoms with E-state index in [0.29, 0.717) is 0 Å². The number of ether oxygens (including phenoxy) is 2. The molecule has 10 nitrogen and oxygen atoms in total. The minimum atomic E-state index is -4.82. The molecule has 0 aliphatic carbocycles. The molecule has 2 heterocycles. The number of nitrogens with one attached hydrogen (secondary N) is 2. The predicted molar refractivity (Wildman–Crippen MR) is 122 cm³/mol. The summed E-state index contributed by atoms with van der Waals surface area (Å²) in [4.78, 5) is 3.52. The molecule has 4 N–H and O–H groups in total. The molecule has 3 aromatic rings. The molecule has 0 spiro atoms. The lowest BCUT2D eigenvalue weighted by Gasteiger charge is -2.27. The number of nitrogens with two attached hydrogens (primary N) is 1. The number of halogens is 4. The average Bonchev–Trinajstić information content (AvgIpc) is 3.22. The summed E-state index contributed by atoms with van der Waals surface area (Å²) in [6.45, 7) is 0.624. The van der Waals surface area contributed by atoms with Crippen LogP contribution in [0.3, 0.4) is 0 Å². The maximum Gasteiger partial charge on any atom is 0.417 e. The second-order valence-electron chi connectivity index (χ2n) is 7.43. The summed E-state index contributed by atoms with van der Waals surface area (Å²) in [6.07, 6.45) is -4.82. The third kappa shape index (κ3) is 5.15. The summed E-state index contributed by atoms with van der Waals surface area (Å²) in [7, 11) is -2.81. The van der Waals surface area contributed by atoms with Crippen LogP contribution in [0.4, 0.5) is 30.8 Å². The van der Waals surface area contributed by atoms with Gasteiger partial charge in [-0.05, 0) is 29.8 Å². The maximum atomic E-state index is 14.1. The van der Waals surface area contributed by atoms with Crippen molar-refractivity contribution in [3.8, 4) is 16.9 Å². The van der Waals surface area contributed by atoms with Gasteiger partial charge >= 0.3 is 6.18 Å². The fourth-order valence-electron chi connectivity index (χ4n) is 3.61. The number of nitrogens with zero attached hydrogens (tertiary/aromatic N) is 3. The number of hydrogen-bond donors (Lipinski definition) is 3. The van der Waals surface area contributed by atoms with Crippen LogP contribution in [0.5, 0.6) is 5.75 Å². The third-order valence-corrected chi connectivity index (χ3v) is 7.41. The van der Waals surface area contributed by atoms with Crippen molar-refractivity contribution in [3.05, 3.63) is 40.9 Å². The maximum absolute atomic E-state index is 14.1. The molecule has 0 atom stereocenters. The number of rotatable bonds is 6. The molecule has 0 bridgehead atoms. The fraction of sp³-hybridized carbons (Fsp3) is 0.300. The molecule has 2 aromatic carbocycles. The molecule has 15 heteroatoms. The van der Waals surface area contributed by atoms with E-state index < -0.39 is 21.8 Å². The molecule has 188 valence electrons. The molecule has 1 aliphatic heterocycles. The highest BCUT2D eigenvalue weighted by atomic mass is 35.5. The molecule has 1 aromatic heterocycles. The third-order valence-electron chi connectivity index (χ3n) is 5.19. The van der Waals surface area contributed by atoms with E-state index in [0.717, 1.165) is 12.1 Å². The van der Waals surface area contributed by atoms with Crippen LogP contribution in [0, 0.1) is 0 Å². The Balaban J connectivity index is 1.83. The van der Waals surface area contributed by atoms with E-state index in [1.165, 1.54) is 29.6 Å². The molecule has 1 fully saturated rings. The normalized spacial score (nSPS) is 15.2. The zero-order valence-corrected chi connectivity index (χ0v) is 19.8. The molecule has 0 unspecified atom stereocenters. The Morgan fingerprint density at radius 1 is 1.23 bits per heavy atom. The van der Waals surface area contributed by atoms with Gasteiger partial charge in [0.15, 0.2) is 0 Å². The molecule has 35 heavy (non-hydrogen) atoms. The first-order valence-corrected chi connectivity index (χ1v) is 11.9. The molecular weight excluding hydrogens is 513 g/mol. The standard InChI is InChI=1S/C20H20ClF3N6O4S/c1-33-15-3-2-11(8-16(15)35(31,32)30-4-6-34-7-5-30)17-13(20(22,23)24)9-12(10-14(17)21)26-19-27-18(25)28-29-19/h2-3,8-10H,4-7H2,1H3,(H4,25,26,27,28,29). The zero-order valence-electron chi connectivity index (χ0n) is 18.2. The lowest BCUT2D eigenvalue weighted by Crippen LogP contribution is -2.40. The van der Waals surface area contributed by atoms with Gasteiger partial charge in [0.05, 0.1) is 30.9 Å². The summed E-state index contributed by atoms with van der Waals surface area (Å²) in [6, 6.07) is 5.81. The van der Waals surface area contributed by atoms with Gasteiger partial charge in [0.2, 0.25) is 21.9 Å². The van der Waals surface area contributed by atoms with Gasteiger partial charge in [-0.15, -0.1) is 5.10 Å². The molecule has 4 rings (SSSR count). The van der Waals surface area contributed by atoms with E-state index >= 15 is 0 Å². The number of anilines is 3. The first kappa shape index (κ1) is 25.0. The lowest BCUT2D eigenvalue weighted by molar-refractivity contribution is -0.137. The van der Waals surface area contributed by atoms with Crippen LogP contribution in [0.2, 0.25) is 5.02 Å². The lowest BCUT2D eigenvalue weighted by atomic mass is 9.98. The first-order chi connectivity index (χ1) is 16.5. The Morgan fingerprint density at radius 2 is 1.94 bits per heavy atom. The topological polar surface area (TPSA) is 135 Å². The molecule has 1 aliphatic rings. The van der Waals surface area contributed by atoms with Crippen molar-refractivity contribution in [2.45, 2.75) is 11.1 Å². The number of H-pyrrole nitrogens is 1. The van der Waals surface area contributed by atoms with E-state index in [-0.39, 0.29) is 70.7 Å². The first-order valence-electron chi connectivity index (χ1n) is 10.1. The number of alkyl halides is 3. The zero-order chi connectivity index (χ0) is 25.4. The van der Waals surface area contributed by atoms with Crippen molar-refractivity contribution in [3.63, 3.8) is 0 Å². The van der Waals surface area contributed by atoms with Crippen LogP contribution in [0.1, 0.15) is 5.56 Å². The van der Waals surface area contributed by atoms with Gasteiger partial charge in [-0.2, -0.15) is 22.5 Å². The Labute approximate surface area is 203 Å². The Morgan fingerprint density at radius 3 is 2.54 bits per heavy atom. The monoisotopic (exact) mass is 532 g/mol. The largest absolute Gasteiger partial charge is 0.495 e. The van der Waals surface area contributed by atoms with Crippen molar-refractivity contribution in [2.24, 2.45) is 0 Å². The number of hydrogen-bond acceptors (Lipinski definition) is 8. The SMILES string of the molecule is COc1ccc(-c2c(Cl)cc(Nc3n[nH]c(N)n3)cc2C(F)(F)F)cc1S(=O)(=O)N1CCOCC1. The van der Waals surface area contributed by atoms with Gasteiger partial charge < -0.3 is 20.5 Å². The van der Waals surface area contributed by atoms with Crippen molar-refractivity contribution in [1.29, 1.82) is 0 Å². The number of aromatic nitrogens is 3. The molecular formula is C20H20ClF3N6O4S. The van der Waals surface area contributed by atoms with E-state index in [9.17, 15) is 21.6 Å². The summed E-state index contributed by atoms with van der Waals surface area (Å²) < 4.78 is 80.4. The van der Waals surface area contributed by atoms with Crippen LogP contribution >= 0.6 is 11.6 Å². The predicted octanol–water partition coefficient (Wildman–Crippen LogP) is 3.50. The van der Waals surface area contributed by atoms with Gasteiger partial charge in [-0.1, -0.05) is 17.7 Å². The highest BCUT2D eigenvalue weighted by Crippen LogP contribution is 2.44. The van der Waals surface area contributed by atoms with Gasteiger partial charge in [-0.3, -0.25) is 0 Å². The average molecular weight is 533 g/mol. The molecule has 0 saturated carbocycles. The number of nitrogen functional groups attached to an aromatic ring is 1. The highest BCUT2D eigenvalue weighted by molar-refractivity contribution is 7.89. The fourth-order valence-corrected chi connectivity index (χ4v) is 5.53. The van der Waals surface area contributed by atoms with Crippen LogP contribution in [0.25, 0.3) is 11.1 Å². The van der Waals surface area contributed by atoms with Crippen molar-refractivity contribution >= 4 is 39.2 Å². The van der Waals surface area contributed by atoms with Crippen LogP contribution in [-0.4, -0.2) is 61.3 Å². The van der Waals surface area contributed by atoms with E-state index in [1.807, 2.05) is 0 Å². The van der Waals surface area contributed by atoms with Crippen molar-refractivity contribution < 1.29 is 31.1 Å². The second kappa shape index (κ2) is 9.53. The van der Waals surface area contributed by atoms with Crippen molar-refractivity contribution in [1.82, 2.24) is 19.5 Å². The number of morpholine rings is 1. The van der Waals surface area contributed by atoms with Gasteiger partial charge in [0, 0.05) is 24.3 Å².